The summed E-state index contributed by atoms with van der Waals surface area (Å²) in [6, 6.07) is 3.66. The second-order valence-corrected chi connectivity index (χ2v) is 4.50. The second-order valence-electron chi connectivity index (χ2n) is 3.47. The van der Waals surface area contributed by atoms with Crippen LogP contribution in [-0.2, 0) is 6.54 Å². The van der Waals surface area contributed by atoms with E-state index in [-0.39, 0.29) is 24.8 Å². The van der Waals surface area contributed by atoms with E-state index in [1.165, 1.54) is 11.3 Å². The number of aromatic nitrogens is 1. The van der Waals surface area contributed by atoms with Crippen LogP contribution in [0.3, 0.4) is 0 Å². The quantitative estimate of drug-likeness (QED) is 0.575. The van der Waals surface area contributed by atoms with Gasteiger partial charge in [-0.25, -0.2) is 4.98 Å². The third kappa shape index (κ3) is 4.38. The Morgan fingerprint density at radius 1 is 1.45 bits per heavy atom. The fraction of sp³-hybridized carbons (Fsp3) is 0.273. The average Bonchev–Trinajstić information content (AvgIpc) is 2.96. The molecule has 2 heterocycles. The smallest absolute Gasteiger partial charge is 0.182 e. The molecule has 0 fully saturated rings. The summed E-state index contributed by atoms with van der Waals surface area (Å²) in [6.45, 7) is 3.04. The van der Waals surface area contributed by atoms with E-state index in [0.29, 0.717) is 35.4 Å². The standard InChI is InChI=1S/C11H15N5OS.2ClH/c1-2-14-6-15-10-9(16-11(13)18-10)8-4-3-7(5-12)17-8;;/h3-4,6H,2,5,12H2,1H3,(H2,13,16)(H,14,15);2*1H. The van der Waals surface area contributed by atoms with Crippen LogP contribution in [0.2, 0.25) is 0 Å². The molecule has 0 aliphatic heterocycles. The Labute approximate surface area is 133 Å². The van der Waals surface area contributed by atoms with E-state index >= 15 is 0 Å². The van der Waals surface area contributed by atoms with E-state index in [2.05, 4.69) is 15.3 Å². The summed E-state index contributed by atoms with van der Waals surface area (Å²) < 4.78 is 5.56. The molecule has 0 aliphatic rings. The number of nitrogens with two attached hydrogens (primary N) is 2. The number of halogens is 2. The maximum Gasteiger partial charge on any atom is 0.182 e. The fourth-order valence-electron chi connectivity index (χ4n) is 1.41. The zero-order valence-electron chi connectivity index (χ0n) is 10.8. The van der Waals surface area contributed by atoms with Crippen LogP contribution in [0.5, 0.6) is 0 Å². The lowest BCUT2D eigenvalue weighted by Crippen LogP contribution is -1.95. The van der Waals surface area contributed by atoms with Gasteiger partial charge in [0, 0.05) is 6.54 Å². The average molecular weight is 338 g/mol. The van der Waals surface area contributed by atoms with Crippen molar-refractivity contribution in [3.8, 4) is 11.5 Å². The number of hydrogen-bond acceptors (Lipinski definition) is 6. The highest BCUT2D eigenvalue weighted by Gasteiger charge is 2.14. The van der Waals surface area contributed by atoms with Crippen molar-refractivity contribution in [2.45, 2.75) is 13.5 Å². The van der Waals surface area contributed by atoms with Gasteiger partial charge in [0.05, 0.1) is 12.9 Å². The van der Waals surface area contributed by atoms with E-state index in [1.807, 2.05) is 19.1 Å². The van der Waals surface area contributed by atoms with Gasteiger partial charge in [-0.15, -0.1) is 24.8 Å². The number of nitrogens with zero attached hydrogens (tertiary/aromatic N) is 2. The minimum Gasteiger partial charge on any atom is -0.458 e. The van der Waals surface area contributed by atoms with Gasteiger partial charge in [0.15, 0.2) is 10.9 Å². The van der Waals surface area contributed by atoms with Gasteiger partial charge in [-0.2, -0.15) is 0 Å². The van der Waals surface area contributed by atoms with Gasteiger partial charge >= 0.3 is 0 Å². The highest BCUT2D eigenvalue weighted by molar-refractivity contribution is 7.20. The van der Waals surface area contributed by atoms with Crippen molar-refractivity contribution >= 4 is 52.6 Å². The summed E-state index contributed by atoms with van der Waals surface area (Å²) in [4.78, 5) is 8.33. The van der Waals surface area contributed by atoms with Gasteiger partial charge in [-0.05, 0) is 19.1 Å². The van der Waals surface area contributed by atoms with Crippen LogP contribution in [0.15, 0.2) is 21.5 Å². The van der Waals surface area contributed by atoms with Crippen molar-refractivity contribution in [1.82, 2.24) is 4.98 Å². The van der Waals surface area contributed by atoms with Crippen LogP contribution in [0.25, 0.3) is 11.5 Å². The monoisotopic (exact) mass is 337 g/mol. The highest BCUT2D eigenvalue weighted by Crippen LogP contribution is 2.34. The molecule has 0 atom stereocenters. The summed E-state index contributed by atoms with van der Waals surface area (Å²) in [5.74, 6) is 1.36. The van der Waals surface area contributed by atoms with Crippen LogP contribution in [0.1, 0.15) is 12.7 Å². The molecule has 20 heavy (non-hydrogen) atoms. The lowest BCUT2D eigenvalue weighted by atomic mass is 10.3. The lowest BCUT2D eigenvalue weighted by Gasteiger charge is -1.98. The maximum absolute atomic E-state index is 5.72. The molecule has 2 aromatic rings. The van der Waals surface area contributed by atoms with Gasteiger partial charge in [0.1, 0.15) is 16.5 Å². The lowest BCUT2D eigenvalue weighted by molar-refractivity contribution is 0.524. The first-order valence-corrected chi connectivity index (χ1v) is 6.36. The number of aliphatic imine (C=N–C) groups is 1. The molecule has 2 aromatic heterocycles. The summed E-state index contributed by atoms with van der Waals surface area (Å²) in [7, 11) is 0. The van der Waals surface area contributed by atoms with Crippen molar-refractivity contribution in [3.05, 3.63) is 17.9 Å². The molecule has 0 radical (unpaired) electrons. The summed E-state index contributed by atoms with van der Waals surface area (Å²) in [5, 5.41) is 4.34. The Morgan fingerprint density at radius 3 is 2.80 bits per heavy atom. The minimum atomic E-state index is 0. The zero-order chi connectivity index (χ0) is 13.0. The van der Waals surface area contributed by atoms with Crippen molar-refractivity contribution < 1.29 is 4.42 Å². The van der Waals surface area contributed by atoms with Crippen molar-refractivity contribution in [2.75, 3.05) is 17.6 Å². The molecular weight excluding hydrogens is 321 g/mol. The molecule has 0 saturated carbocycles. The van der Waals surface area contributed by atoms with Crippen LogP contribution >= 0.6 is 36.2 Å². The Morgan fingerprint density at radius 2 is 2.20 bits per heavy atom. The van der Waals surface area contributed by atoms with Gasteiger partial charge in [0.25, 0.3) is 0 Å². The molecule has 0 aliphatic carbocycles. The van der Waals surface area contributed by atoms with E-state index in [1.54, 1.807) is 6.34 Å². The normalized spacial score (nSPS) is 10.1. The third-order valence-electron chi connectivity index (χ3n) is 2.21. The van der Waals surface area contributed by atoms with Gasteiger partial charge in [-0.3, -0.25) is 4.99 Å². The largest absolute Gasteiger partial charge is 0.458 e. The van der Waals surface area contributed by atoms with E-state index in [4.69, 9.17) is 15.9 Å². The van der Waals surface area contributed by atoms with E-state index in [9.17, 15) is 0 Å². The number of anilines is 2. The maximum atomic E-state index is 5.72. The Kier molecular flexibility index (Phi) is 8.24. The number of thiazole rings is 1. The minimum absolute atomic E-state index is 0. The topological polar surface area (TPSA) is 102 Å². The van der Waals surface area contributed by atoms with Crippen molar-refractivity contribution in [1.29, 1.82) is 0 Å². The first kappa shape index (κ1) is 18.7. The molecular formula is C11H17Cl2N5OS. The van der Waals surface area contributed by atoms with Crippen molar-refractivity contribution in [2.24, 2.45) is 10.7 Å². The molecule has 6 nitrogen and oxygen atoms in total. The number of furan rings is 1. The van der Waals surface area contributed by atoms with E-state index < -0.39 is 0 Å². The third-order valence-corrected chi connectivity index (χ3v) is 3.03. The highest BCUT2D eigenvalue weighted by atomic mass is 35.5. The number of rotatable bonds is 5. The van der Waals surface area contributed by atoms with Crippen LogP contribution in [0.4, 0.5) is 10.1 Å². The molecule has 0 saturated heterocycles. The molecule has 112 valence electrons. The first-order chi connectivity index (χ1) is 8.74. The molecule has 0 unspecified atom stereocenters. The Hall–Kier alpha value is -1.28. The van der Waals surface area contributed by atoms with Gasteiger partial charge in [-0.1, -0.05) is 11.3 Å². The molecule has 5 N–H and O–H groups in total. The fourth-order valence-corrected chi connectivity index (χ4v) is 2.11. The first-order valence-electron chi connectivity index (χ1n) is 5.55. The van der Waals surface area contributed by atoms with Crippen LogP contribution in [0, 0.1) is 0 Å². The number of hydrogen-bond donors (Lipinski definition) is 3. The van der Waals surface area contributed by atoms with Crippen molar-refractivity contribution in [3.63, 3.8) is 0 Å². The Bertz CT molecular complexity index is 555. The van der Waals surface area contributed by atoms with E-state index in [0.717, 1.165) is 5.00 Å². The molecule has 2 rings (SSSR count). The predicted octanol–water partition coefficient (Wildman–Crippen LogP) is 2.75. The van der Waals surface area contributed by atoms with Crippen LogP contribution in [-0.4, -0.2) is 17.9 Å². The summed E-state index contributed by atoms with van der Waals surface area (Å²) in [6.07, 6.45) is 1.63. The van der Waals surface area contributed by atoms with Gasteiger partial charge in [0.2, 0.25) is 0 Å². The van der Waals surface area contributed by atoms with Gasteiger partial charge < -0.3 is 21.2 Å². The Balaban J connectivity index is 0.00000180. The molecule has 9 heteroatoms. The number of nitrogen functional groups attached to an aromatic ring is 1. The molecule has 0 spiro atoms. The number of nitrogens with one attached hydrogen (secondary N) is 1. The molecule has 0 aromatic carbocycles. The molecule has 0 amide bonds. The second kappa shape index (κ2) is 8.80. The predicted molar refractivity (Wildman–Crippen MR) is 89.3 cm³/mol. The van der Waals surface area contributed by atoms with Crippen LogP contribution < -0.4 is 16.8 Å². The SMILES string of the molecule is CCN=CNc1sc(N)nc1-c1ccc(CN)o1.Cl.Cl. The summed E-state index contributed by atoms with van der Waals surface area (Å²) in [5.41, 5.74) is 11.9. The summed E-state index contributed by atoms with van der Waals surface area (Å²) >= 11 is 1.35. The molecule has 0 bridgehead atoms. The zero-order valence-corrected chi connectivity index (χ0v) is 13.3.